The lowest BCUT2D eigenvalue weighted by Crippen LogP contribution is -2.45. The maximum atomic E-state index is 14.8. The predicted molar refractivity (Wildman–Crippen MR) is 162 cm³/mol. The Labute approximate surface area is 255 Å². The third-order valence-electron chi connectivity index (χ3n) is 7.20. The van der Waals surface area contributed by atoms with E-state index in [1.54, 1.807) is 11.7 Å². The number of nitrogen functional groups attached to an aromatic ring is 2. The molecule has 238 valence electrons. The van der Waals surface area contributed by atoms with Crippen molar-refractivity contribution in [3.05, 3.63) is 35.0 Å². The van der Waals surface area contributed by atoms with Crippen LogP contribution in [0.2, 0.25) is 0 Å². The lowest BCUT2D eigenvalue weighted by Gasteiger charge is -2.36. The van der Waals surface area contributed by atoms with E-state index in [-0.39, 0.29) is 60.6 Å². The number of aryl methyl sites for hydroxylation is 1. The van der Waals surface area contributed by atoms with Crippen LogP contribution in [0.4, 0.5) is 16.2 Å². The SMILES string of the molecule is C#CC(COP(O)(O)=S)(OC)[C@@H](CCOCC(CCn1cnc2c(=O)[nH]c(N)nc21)OC)Cn1cc(F)c2c(N)ncnc21. The fraction of sp³-hybridized carbons (Fsp3) is 0.480. The summed E-state index contributed by atoms with van der Waals surface area (Å²) in [5.74, 6) is 1.27. The molecule has 0 aliphatic rings. The van der Waals surface area contributed by atoms with Crippen LogP contribution in [-0.4, -0.2) is 89.6 Å². The molecule has 0 bridgehead atoms. The van der Waals surface area contributed by atoms with Gasteiger partial charge in [0.1, 0.15) is 17.8 Å². The van der Waals surface area contributed by atoms with Gasteiger partial charge in [-0.1, -0.05) is 5.92 Å². The summed E-state index contributed by atoms with van der Waals surface area (Å²) < 4.78 is 40.3. The van der Waals surface area contributed by atoms with Crippen LogP contribution < -0.4 is 17.0 Å². The molecule has 44 heavy (non-hydrogen) atoms. The molecule has 4 aromatic rings. The molecular weight excluding hydrogens is 620 g/mol. The molecule has 0 aliphatic carbocycles. The normalized spacial score (nSPS) is 14.9. The first-order valence-corrected chi connectivity index (χ1v) is 15.8. The second kappa shape index (κ2) is 14.1. The summed E-state index contributed by atoms with van der Waals surface area (Å²) in [5.41, 5.74) is 10.4. The van der Waals surface area contributed by atoms with Crippen LogP contribution in [0.15, 0.2) is 23.6 Å². The molecule has 0 aliphatic heterocycles. The Morgan fingerprint density at radius 2 is 2.00 bits per heavy atom. The minimum atomic E-state index is -4.08. The van der Waals surface area contributed by atoms with E-state index in [0.717, 1.165) is 0 Å². The molecule has 0 saturated heterocycles. The monoisotopic (exact) mass is 653 g/mol. The Morgan fingerprint density at radius 1 is 1.23 bits per heavy atom. The van der Waals surface area contributed by atoms with Crippen LogP contribution in [0.25, 0.3) is 22.2 Å². The average molecular weight is 654 g/mol. The highest BCUT2D eigenvalue weighted by Gasteiger charge is 2.40. The second-order valence-corrected chi connectivity index (χ2v) is 12.5. The molecule has 0 saturated carbocycles. The maximum Gasteiger partial charge on any atom is 0.322 e. The first kappa shape index (κ1) is 33.4. The zero-order valence-electron chi connectivity index (χ0n) is 23.9. The van der Waals surface area contributed by atoms with Gasteiger partial charge in [-0.2, -0.15) is 4.98 Å². The minimum Gasteiger partial charge on any atom is -0.383 e. The van der Waals surface area contributed by atoms with Crippen molar-refractivity contribution in [2.75, 3.05) is 45.5 Å². The summed E-state index contributed by atoms with van der Waals surface area (Å²) in [4.78, 5) is 50.1. The van der Waals surface area contributed by atoms with Gasteiger partial charge >= 0.3 is 6.72 Å². The average Bonchev–Trinajstić information content (AvgIpc) is 3.53. The fourth-order valence-corrected chi connectivity index (χ4v) is 5.33. The number of H-pyrrole nitrogens is 1. The van der Waals surface area contributed by atoms with Gasteiger partial charge in [0.15, 0.2) is 22.6 Å². The molecule has 4 heterocycles. The van der Waals surface area contributed by atoms with Crippen molar-refractivity contribution in [3.63, 3.8) is 0 Å². The predicted octanol–water partition coefficient (Wildman–Crippen LogP) is 0.540. The molecule has 0 fully saturated rings. The molecule has 16 nitrogen and oxygen atoms in total. The summed E-state index contributed by atoms with van der Waals surface area (Å²) in [7, 11) is 2.89. The number of imidazole rings is 1. The molecule has 7 N–H and O–H groups in total. The van der Waals surface area contributed by atoms with Crippen molar-refractivity contribution < 1.29 is 32.9 Å². The number of hydrogen-bond donors (Lipinski definition) is 5. The standard InChI is InChI=1S/C25H33FN9O7PS/c1-4-25(40-3,12-42-43(37,38)44)15(9-35-10-17(26)18-20(27)29-13-30-21(18)35)6-8-41-11-16(39-2)5-7-34-14-31-19-22(34)32-24(28)33-23(19)36/h1,10,13-16H,5-9,11-12H2,2-3H3,(H2,27,29,30)(H2,37,38,44)(H3,28,32,33,36)/t15-,16?,25?/m0/s1. The highest BCUT2D eigenvalue weighted by atomic mass is 32.5. The number of rotatable bonds is 16. The van der Waals surface area contributed by atoms with Gasteiger partial charge in [-0.3, -0.25) is 9.78 Å². The van der Waals surface area contributed by atoms with E-state index in [1.807, 2.05) is 0 Å². The summed E-state index contributed by atoms with van der Waals surface area (Å²) in [6.45, 7) is -3.70. The largest absolute Gasteiger partial charge is 0.383 e. The number of nitrogens with zero attached hydrogens (tertiary/aromatic N) is 6. The van der Waals surface area contributed by atoms with Crippen LogP contribution in [0.3, 0.4) is 0 Å². The Balaban J connectivity index is 1.46. The van der Waals surface area contributed by atoms with E-state index in [9.17, 15) is 19.0 Å². The number of hydrogen-bond acceptors (Lipinski definition) is 12. The van der Waals surface area contributed by atoms with Gasteiger partial charge in [-0.25, -0.2) is 19.3 Å². The Bertz CT molecular complexity index is 1750. The summed E-state index contributed by atoms with van der Waals surface area (Å²) in [6, 6.07) is 0. The number of terminal acetylenes is 1. The number of anilines is 2. The number of fused-ring (bicyclic) bond motifs is 2. The van der Waals surface area contributed by atoms with E-state index in [1.165, 1.54) is 30.5 Å². The lowest BCUT2D eigenvalue weighted by molar-refractivity contribution is -0.0627. The fourth-order valence-electron chi connectivity index (χ4n) is 4.82. The minimum absolute atomic E-state index is 0.0141. The van der Waals surface area contributed by atoms with Gasteiger partial charge in [-0.05, 0) is 24.6 Å². The van der Waals surface area contributed by atoms with E-state index < -0.39 is 36.2 Å². The molecule has 0 radical (unpaired) electrons. The highest BCUT2D eigenvalue weighted by molar-refractivity contribution is 8.06. The molecule has 0 spiro atoms. The maximum absolute atomic E-state index is 14.8. The van der Waals surface area contributed by atoms with Gasteiger partial charge in [0.05, 0.1) is 31.0 Å². The molecular formula is C25H33FN9O7PS. The third-order valence-corrected chi connectivity index (χ3v) is 7.98. The zero-order valence-corrected chi connectivity index (χ0v) is 25.6. The quantitative estimate of drug-likeness (QED) is 0.0633. The van der Waals surface area contributed by atoms with Crippen molar-refractivity contribution in [3.8, 4) is 12.3 Å². The van der Waals surface area contributed by atoms with Crippen LogP contribution in [0.1, 0.15) is 12.8 Å². The summed E-state index contributed by atoms with van der Waals surface area (Å²) in [5, 5.41) is 0.0554. The van der Waals surface area contributed by atoms with Crippen LogP contribution in [-0.2, 0) is 43.6 Å². The zero-order chi connectivity index (χ0) is 32.1. The number of aromatic nitrogens is 7. The molecule has 0 aromatic carbocycles. The molecule has 3 atom stereocenters. The Morgan fingerprint density at radius 3 is 2.68 bits per heavy atom. The topological polar surface area (TPSA) is 224 Å². The van der Waals surface area contributed by atoms with Gasteiger partial charge in [0.2, 0.25) is 5.95 Å². The van der Waals surface area contributed by atoms with Crippen LogP contribution >= 0.6 is 6.72 Å². The van der Waals surface area contributed by atoms with E-state index in [4.69, 9.17) is 36.6 Å². The Hall–Kier alpha value is -3.53. The van der Waals surface area contributed by atoms with Crippen LogP contribution in [0.5, 0.6) is 0 Å². The first-order valence-electron chi connectivity index (χ1n) is 13.2. The lowest BCUT2D eigenvalue weighted by atomic mass is 9.85. The van der Waals surface area contributed by atoms with Crippen molar-refractivity contribution >= 4 is 52.5 Å². The molecule has 19 heteroatoms. The van der Waals surface area contributed by atoms with E-state index >= 15 is 0 Å². The number of aromatic amines is 1. The second-order valence-electron chi connectivity index (χ2n) is 9.86. The Kier molecular flexibility index (Phi) is 10.7. The number of nitrogens with two attached hydrogens (primary N) is 2. The summed E-state index contributed by atoms with van der Waals surface area (Å²) >= 11 is 4.61. The number of halogens is 1. The number of ether oxygens (including phenoxy) is 3. The third kappa shape index (κ3) is 7.57. The van der Waals surface area contributed by atoms with Crippen molar-refractivity contribution in [1.29, 1.82) is 0 Å². The van der Waals surface area contributed by atoms with Crippen molar-refractivity contribution in [2.24, 2.45) is 5.92 Å². The van der Waals surface area contributed by atoms with E-state index in [0.29, 0.717) is 18.6 Å². The van der Waals surface area contributed by atoms with E-state index in [2.05, 4.69) is 42.6 Å². The number of nitrogens with one attached hydrogen (secondary N) is 1. The van der Waals surface area contributed by atoms with Gasteiger partial charge in [0, 0.05) is 46.0 Å². The molecule has 0 amide bonds. The summed E-state index contributed by atoms with van der Waals surface area (Å²) in [6.07, 6.45) is 10.2. The molecule has 2 unspecified atom stereocenters. The van der Waals surface area contributed by atoms with Crippen molar-refractivity contribution in [1.82, 2.24) is 34.1 Å². The molecule has 4 aromatic heterocycles. The van der Waals surface area contributed by atoms with Crippen molar-refractivity contribution in [2.45, 2.75) is 37.6 Å². The first-order chi connectivity index (χ1) is 20.9. The van der Waals surface area contributed by atoms with Gasteiger partial charge < -0.3 is 49.1 Å². The van der Waals surface area contributed by atoms with Gasteiger partial charge in [-0.15, -0.1) is 6.42 Å². The van der Waals surface area contributed by atoms with Crippen LogP contribution in [0, 0.1) is 24.1 Å². The smallest absolute Gasteiger partial charge is 0.322 e. The van der Waals surface area contributed by atoms with Gasteiger partial charge in [0.25, 0.3) is 5.56 Å². The molecule has 4 rings (SSSR count). The number of methoxy groups -OCH3 is 2. The highest BCUT2D eigenvalue weighted by Crippen LogP contribution is 2.40.